The van der Waals surface area contributed by atoms with Crippen molar-refractivity contribution < 1.29 is 4.79 Å². The molecule has 0 spiro atoms. The average molecular weight is 413 g/mol. The van der Waals surface area contributed by atoms with Gasteiger partial charge in [-0.2, -0.15) is 0 Å². The molecule has 0 aromatic carbocycles. The van der Waals surface area contributed by atoms with E-state index in [-0.39, 0.29) is 5.91 Å². The minimum Gasteiger partial charge on any atom is -0.356 e. The van der Waals surface area contributed by atoms with E-state index in [1.54, 1.807) is 0 Å². The minimum absolute atomic E-state index is 0.0257. The van der Waals surface area contributed by atoms with Crippen LogP contribution in [0.2, 0.25) is 0 Å². The van der Waals surface area contributed by atoms with Crippen LogP contribution in [0.25, 0.3) is 10.2 Å². The summed E-state index contributed by atoms with van der Waals surface area (Å²) in [7, 11) is 0. The molecule has 2 aromatic rings. The number of amides is 1. The quantitative estimate of drug-likeness (QED) is 0.689. The molecule has 0 unspecified atom stereocenters. The standard InChI is InChI=1S/C23H32N4OS/c1-15-10-13-27(14-11-15)21-19-16(2)20(29-23(19)26-17(3)25-21)22(28)24-12-9-18-7-5-4-6-8-18/h7,15H,4-6,8-14H2,1-3H3,(H,24,28). The number of aromatic nitrogens is 2. The number of carbonyl (C=O) groups is 1. The lowest BCUT2D eigenvalue weighted by Gasteiger charge is -2.31. The molecule has 0 atom stereocenters. The van der Waals surface area contributed by atoms with Crippen molar-refractivity contribution in [3.8, 4) is 0 Å². The lowest BCUT2D eigenvalue weighted by atomic mass is 9.97. The highest BCUT2D eigenvalue weighted by Crippen LogP contribution is 2.36. The summed E-state index contributed by atoms with van der Waals surface area (Å²) in [4.78, 5) is 26.5. The van der Waals surface area contributed by atoms with E-state index in [1.807, 2.05) is 13.8 Å². The number of rotatable bonds is 5. The van der Waals surface area contributed by atoms with Crippen LogP contribution in [0.3, 0.4) is 0 Å². The molecule has 1 aliphatic carbocycles. The molecule has 4 rings (SSSR count). The van der Waals surface area contributed by atoms with E-state index in [0.29, 0.717) is 6.54 Å². The van der Waals surface area contributed by atoms with Crippen LogP contribution in [0.5, 0.6) is 0 Å². The number of carbonyl (C=O) groups excluding carboxylic acids is 1. The van der Waals surface area contributed by atoms with Crippen molar-refractivity contribution >= 4 is 33.3 Å². The summed E-state index contributed by atoms with van der Waals surface area (Å²) in [6, 6.07) is 0. The van der Waals surface area contributed by atoms with Crippen molar-refractivity contribution in [1.82, 2.24) is 15.3 Å². The molecule has 29 heavy (non-hydrogen) atoms. The fourth-order valence-electron chi connectivity index (χ4n) is 4.44. The Balaban J connectivity index is 1.54. The molecule has 1 fully saturated rings. The Morgan fingerprint density at radius 2 is 2.03 bits per heavy atom. The van der Waals surface area contributed by atoms with Crippen molar-refractivity contribution in [2.45, 2.75) is 65.7 Å². The van der Waals surface area contributed by atoms with Gasteiger partial charge in [-0.25, -0.2) is 9.97 Å². The molecule has 1 amide bonds. The number of hydrogen-bond donors (Lipinski definition) is 1. The largest absolute Gasteiger partial charge is 0.356 e. The lowest BCUT2D eigenvalue weighted by Crippen LogP contribution is -2.33. The van der Waals surface area contributed by atoms with Crippen molar-refractivity contribution in [2.24, 2.45) is 5.92 Å². The van der Waals surface area contributed by atoms with E-state index in [9.17, 15) is 4.79 Å². The van der Waals surface area contributed by atoms with Gasteiger partial charge in [0.05, 0.1) is 10.3 Å². The summed E-state index contributed by atoms with van der Waals surface area (Å²) in [5.41, 5.74) is 2.51. The predicted molar refractivity (Wildman–Crippen MR) is 121 cm³/mol. The fourth-order valence-corrected chi connectivity index (χ4v) is 5.57. The second-order valence-corrected chi connectivity index (χ2v) is 9.61. The molecule has 1 saturated heterocycles. The summed E-state index contributed by atoms with van der Waals surface area (Å²) < 4.78 is 0. The molecule has 0 bridgehead atoms. The first kappa shape index (κ1) is 20.3. The van der Waals surface area contributed by atoms with Crippen LogP contribution in [0.4, 0.5) is 5.82 Å². The van der Waals surface area contributed by atoms with Gasteiger partial charge in [0.25, 0.3) is 5.91 Å². The van der Waals surface area contributed by atoms with Gasteiger partial charge < -0.3 is 10.2 Å². The number of fused-ring (bicyclic) bond motifs is 1. The maximum atomic E-state index is 12.9. The number of hydrogen-bond acceptors (Lipinski definition) is 5. The fraction of sp³-hybridized carbons (Fsp3) is 0.609. The average Bonchev–Trinajstić information content (AvgIpc) is 3.05. The second kappa shape index (κ2) is 8.82. The van der Waals surface area contributed by atoms with Crippen molar-refractivity contribution in [3.05, 3.63) is 27.9 Å². The lowest BCUT2D eigenvalue weighted by molar-refractivity contribution is 0.0957. The Morgan fingerprint density at radius 1 is 1.24 bits per heavy atom. The molecule has 2 aliphatic rings. The van der Waals surface area contributed by atoms with Gasteiger partial charge in [-0.05, 0) is 70.3 Å². The molecular weight excluding hydrogens is 380 g/mol. The number of piperidine rings is 1. The maximum absolute atomic E-state index is 12.9. The Kier molecular flexibility index (Phi) is 6.18. The third-order valence-electron chi connectivity index (χ3n) is 6.29. The normalized spacial score (nSPS) is 18.2. The topological polar surface area (TPSA) is 58.1 Å². The maximum Gasteiger partial charge on any atom is 0.261 e. The molecule has 2 aromatic heterocycles. The van der Waals surface area contributed by atoms with Crippen LogP contribution in [0.1, 0.15) is 72.9 Å². The SMILES string of the molecule is Cc1nc(N2CCC(C)CC2)c2c(C)c(C(=O)NCCC3=CCCCC3)sc2n1. The first-order chi connectivity index (χ1) is 14.0. The van der Waals surface area contributed by atoms with Crippen LogP contribution in [-0.4, -0.2) is 35.5 Å². The van der Waals surface area contributed by atoms with Crippen molar-refractivity contribution in [1.29, 1.82) is 0 Å². The first-order valence-electron chi connectivity index (χ1n) is 11.0. The third kappa shape index (κ3) is 4.47. The molecule has 6 heteroatoms. The van der Waals surface area contributed by atoms with Crippen LogP contribution in [0.15, 0.2) is 11.6 Å². The molecule has 156 valence electrons. The first-order valence-corrected chi connectivity index (χ1v) is 11.8. The molecule has 5 nitrogen and oxygen atoms in total. The van der Waals surface area contributed by atoms with Gasteiger partial charge in [0.15, 0.2) is 0 Å². The summed E-state index contributed by atoms with van der Waals surface area (Å²) in [5, 5.41) is 4.20. The molecule has 3 heterocycles. The Morgan fingerprint density at radius 3 is 2.76 bits per heavy atom. The van der Waals surface area contributed by atoms with E-state index >= 15 is 0 Å². The third-order valence-corrected chi connectivity index (χ3v) is 7.47. The molecule has 1 N–H and O–H groups in total. The number of allylic oxidation sites excluding steroid dienone is 1. The molecule has 0 radical (unpaired) electrons. The van der Waals surface area contributed by atoms with Gasteiger partial charge in [0.1, 0.15) is 16.5 Å². The zero-order chi connectivity index (χ0) is 20.4. The van der Waals surface area contributed by atoms with E-state index in [1.165, 1.54) is 55.4 Å². The number of nitrogens with zero attached hydrogens (tertiary/aromatic N) is 3. The minimum atomic E-state index is 0.0257. The molecule has 0 saturated carbocycles. The Bertz CT molecular complexity index is 925. The van der Waals surface area contributed by atoms with E-state index in [4.69, 9.17) is 4.98 Å². The van der Waals surface area contributed by atoms with E-state index in [2.05, 4.69) is 28.2 Å². The monoisotopic (exact) mass is 412 g/mol. The summed E-state index contributed by atoms with van der Waals surface area (Å²) >= 11 is 1.51. The van der Waals surface area contributed by atoms with E-state index < -0.39 is 0 Å². The Hall–Kier alpha value is -1.95. The van der Waals surface area contributed by atoms with Gasteiger partial charge in [-0.1, -0.05) is 18.6 Å². The number of nitrogens with one attached hydrogen (secondary N) is 1. The summed E-state index contributed by atoms with van der Waals surface area (Å²) in [6.07, 6.45) is 10.7. The highest BCUT2D eigenvalue weighted by atomic mass is 32.1. The van der Waals surface area contributed by atoms with Crippen molar-refractivity contribution in [3.63, 3.8) is 0 Å². The van der Waals surface area contributed by atoms with Crippen LogP contribution in [-0.2, 0) is 0 Å². The van der Waals surface area contributed by atoms with Crippen molar-refractivity contribution in [2.75, 3.05) is 24.5 Å². The van der Waals surface area contributed by atoms with Gasteiger partial charge in [-0.3, -0.25) is 4.79 Å². The zero-order valence-corrected chi connectivity index (χ0v) is 18.7. The van der Waals surface area contributed by atoms with Crippen LogP contribution >= 0.6 is 11.3 Å². The van der Waals surface area contributed by atoms with E-state index in [0.717, 1.165) is 57.7 Å². The Labute approximate surface area is 177 Å². The zero-order valence-electron chi connectivity index (χ0n) is 17.9. The molecular formula is C23H32N4OS. The van der Waals surface area contributed by atoms with Gasteiger partial charge >= 0.3 is 0 Å². The second-order valence-electron chi connectivity index (χ2n) is 8.61. The summed E-state index contributed by atoms with van der Waals surface area (Å²) in [6.45, 7) is 9.07. The number of anilines is 1. The van der Waals surface area contributed by atoms with Gasteiger partial charge in [0.2, 0.25) is 0 Å². The highest BCUT2D eigenvalue weighted by Gasteiger charge is 2.24. The number of thiophene rings is 1. The number of aryl methyl sites for hydroxylation is 2. The highest BCUT2D eigenvalue weighted by molar-refractivity contribution is 7.20. The van der Waals surface area contributed by atoms with Gasteiger partial charge in [0, 0.05) is 19.6 Å². The predicted octanol–water partition coefficient (Wildman–Crippen LogP) is 5.16. The van der Waals surface area contributed by atoms with Crippen LogP contribution in [0, 0.1) is 19.8 Å². The summed E-state index contributed by atoms with van der Waals surface area (Å²) in [5.74, 6) is 2.59. The smallest absolute Gasteiger partial charge is 0.261 e. The van der Waals surface area contributed by atoms with Crippen LogP contribution < -0.4 is 10.2 Å². The van der Waals surface area contributed by atoms with Gasteiger partial charge in [-0.15, -0.1) is 11.3 Å². The molecule has 1 aliphatic heterocycles.